The Balaban J connectivity index is 1.86. The molecule has 2 heterocycles. The lowest BCUT2D eigenvalue weighted by Crippen LogP contribution is -2.18. The minimum Gasteiger partial charge on any atom is -0.393 e. The molecule has 5 heteroatoms. The van der Waals surface area contributed by atoms with Crippen molar-refractivity contribution < 1.29 is 14.4 Å². The first-order chi connectivity index (χ1) is 7.74. The van der Waals surface area contributed by atoms with Crippen LogP contribution in [0.4, 0.5) is 0 Å². The molecule has 0 aromatic carbocycles. The summed E-state index contributed by atoms with van der Waals surface area (Å²) in [5, 5.41) is 13.1. The van der Waals surface area contributed by atoms with E-state index < -0.39 is 6.10 Å². The first kappa shape index (κ1) is 11.5. The third-order valence-corrected chi connectivity index (χ3v) is 2.79. The zero-order chi connectivity index (χ0) is 11.4. The summed E-state index contributed by atoms with van der Waals surface area (Å²) in [6, 6.07) is 0. The Morgan fingerprint density at radius 3 is 2.88 bits per heavy atom. The number of ether oxygens (including phenoxy) is 1. The number of nitrogens with zero attached hydrogens (tertiary/aromatic N) is 2. The van der Waals surface area contributed by atoms with Gasteiger partial charge in [-0.3, -0.25) is 0 Å². The van der Waals surface area contributed by atoms with Crippen LogP contribution >= 0.6 is 0 Å². The summed E-state index contributed by atoms with van der Waals surface area (Å²) in [5.41, 5.74) is 0. The maximum atomic E-state index is 9.19. The minimum absolute atomic E-state index is 0.431. The van der Waals surface area contributed by atoms with Gasteiger partial charge in [0.15, 0.2) is 5.82 Å². The monoisotopic (exact) mass is 226 g/mol. The van der Waals surface area contributed by atoms with Crippen molar-refractivity contribution in [3.8, 4) is 0 Å². The Hall–Kier alpha value is -0.940. The predicted octanol–water partition coefficient (Wildman–Crippen LogP) is 0.962. The van der Waals surface area contributed by atoms with Gasteiger partial charge in [0.2, 0.25) is 5.89 Å². The number of aliphatic hydroxyl groups excluding tert-OH is 1. The molecule has 1 aromatic heterocycles. The van der Waals surface area contributed by atoms with Crippen molar-refractivity contribution in [1.82, 2.24) is 10.1 Å². The predicted molar refractivity (Wildman–Crippen MR) is 56.9 cm³/mol. The molecule has 0 spiro atoms. The highest BCUT2D eigenvalue weighted by atomic mass is 16.5. The molecule has 1 N–H and O–H groups in total. The highest BCUT2D eigenvalue weighted by molar-refractivity contribution is 4.90. The molecule has 16 heavy (non-hydrogen) atoms. The molecule has 90 valence electrons. The highest BCUT2D eigenvalue weighted by Crippen LogP contribution is 2.18. The molecule has 0 bridgehead atoms. The van der Waals surface area contributed by atoms with Gasteiger partial charge in [-0.05, 0) is 25.7 Å². The molecule has 0 amide bonds. The molecule has 0 radical (unpaired) electrons. The summed E-state index contributed by atoms with van der Waals surface area (Å²) in [6.07, 6.45) is 2.99. The van der Waals surface area contributed by atoms with Crippen LogP contribution in [0.15, 0.2) is 4.52 Å². The normalized spacial score (nSPS) is 19.9. The third kappa shape index (κ3) is 3.28. The second-order valence-electron chi connectivity index (χ2n) is 4.42. The van der Waals surface area contributed by atoms with Crippen molar-refractivity contribution in [2.24, 2.45) is 5.92 Å². The van der Waals surface area contributed by atoms with E-state index in [-0.39, 0.29) is 0 Å². The fourth-order valence-electron chi connectivity index (χ4n) is 1.92. The van der Waals surface area contributed by atoms with Gasteiger partial charge in [0.05, 0.1) is 12.5 Å². The van der Waals surface area contributed by atoms with Gasteiger partial charge in [-0.2, -0.15) is 4.98 Å². The van der Waals surface area contributed by atoms with E-state index in [1.54, 1.807) is 6.92 Å². The molecular formula is C11H18N2O3. The van der Waals surface area contributed by atoms with Gasteiger partial charge < -0.3 is 14.4 Å². The van der Waals surface area contributed by atoms with Gasteiger partial charge >= 0.3 is 0 Å². The van der Waals surface area contributed by atoms with Gasteiger partial charge in [0.1, 0.15) is 0 Å². The Labute approximate surface area is 94.8 Å². The quantitative estimate of drug-likeness (QED) is 0.828. The molecule has 1 fully saturated rings. The minimum atomic E-state index is -0.434. The van der Waals surface area contributed by atoms with Gasteiger partial charge in [-0.25, -0.2) is 0 Å². The number of hydrogen-bond donors (Lipinski definition) is 1. The van der Waals surface area contributed by atoms with Crippen LogP contribution in [0.2, 0.25) is 0 Å². The van der Waals surface area contributed by atoms with Crippen LogP contribution in [0.3, 0.4) is 0 Å². The maximum Gasteiger partial charge on any atom is 0.229 e. The topological polar surface area (TPSA) is 68.4 Å². The Morgan fingerprint density at radius 2 is 2.19 bits per heavy atom. The fourth-order valence-corrected chi connectivity index (χ4v) is 1.92. The zero-order valence-electron chi connectivity index (χ0n) is 9.56. The molecule has 1 aliphatic rings. The van der Waals surface area contributed by atoms with Gasteiger partial charge in [0, 0.05) is 19.6 Å². The van der Waals surface area contributed by atoms with Gasteiger partial charge in [0.25, 0.3) is 0 Å². The smallest absolute Gasteiger partial charge is 0.229 e. The van der Waals surface area contributed by atoms with E-state index in [0.717, 1.165) is 38.3 Å². The van der Waals surface area contributed by atoms with Crippen LogP contribution in [0, 0.1) is 5.92 Å². The van der Waals surface area contributed by atoms with Crippen LogP contribution in [0.1, 0.15) is 31.5 Å². The van der Waals surface area contributed by atoms with E-state index in [1.807, 2.05) is 0 Å². The third-order valence-electron chi connectivity index (χ3n) is 2.79. The summed E-state index contributed by atoms with van der Waals surface area (Å²) in [4.78, 5) is 4.27. The maximum absolute atomic E-state index is 9.19. The molecule has 1 aliphatic heterocycles. The van der Waals surface area contributed by atoms with Crippen molar-refractivity contribution >= 4 is 0 Å². The van der Waals surface area contributed by atoms with Crippen LogP contribution in [0.25, 0.3) is 0 Å². The van der Waals surface area contributed by atoms with Crippen LogP contribution in [-0.4, -0.2) is 34.6 Å². The highest BCUT2D eigenvalue weighted by Gasteiger charge is 2.17. The summed E-state index contributed by atoms with van der Waals surface area (Å²) in [5.74, 6) is 1.88. The second-order valence-corrected chi connectivity index (χ2v) is 4.42. The Morgan fingerprint density at radius 1 is 1.44 bits per heavy atom. The van der Waals surface area contributed by atoms with Crippen molar-refractivity contribution in [2.45, 2.75) is 38.7 Å². The molecule has 0 saturated carbocycles. The van der Waals surface area contributed by atoms with Crippen molar-refractivity contribution in [3.63, 3.8) is 0 Å². The van der Waals surface area contributed by atoms with Crippen LogP contribution in [0.5, 0.6) is 0 Å². The average molecular weight is 226 g/mol. The van der Waals surface area contributed by atoms with E-state index in [0.29, 0.717) is 18.2 Å². The summed E-state index contributed by atoms with van der Waals surface area (Å²) >= 11 is 0. The number of aliphatic hydroxyl groups is 1. The molecule has 1 atom stereocenters. The molecule has 1 saturated heterocycles. The standard InChI is InChI=1S/C11H18N2O3/c1-8(14)6-11-12-10(13-16-11)7-9-2-4-15-5-3-9/h8-9,14H,2-7H2,1H3. The first-order valence-corrected chi connectivity index (χ1v) is 5.81. The Bertz CT molecular complexity index is 319. The zero-order valence-corrected chi connectivity index (χ0v) is 9.56. The molecule has 2 rings (SSSR count). The molecular weight excluding hydrogens is 208 g/mol. The SMILES string of the molecule is CC(O)Cc1nc(CC2CCOCC2)no1. The number of hydrogen-bond acceptors (Lipinski definition) is 5. The van der Waals surface area contributed by atoms with Crippen molar-refractivity contribution in [1.29, 1.82) is 0 Å². The molecule has 5 nitrogen and oxygen atoms in total. The molecule has 1 aromatic rings. The lowest BCUT2D eigenvalue weighted by Gasteiger charge is -2.20. The Kier molecular flexibility index (Phi) is 3.90. The van der Waals surface area contributed by atoms with Crippen LogP contribution in [-0.2, 0) is 17.6 Å². The van der Waals surface area contributed by atoms with E-state index >= 15 is 0 Å². The van der Waals surface area contributed by atoms with E-state index in [1.165, 1.54) is 0 Å². The van der Waals surface area contributed by atoms with E-state index in [4.69, 9.17) is 9.26 Å². The largest absolute Gasteiger partial charge is 0.393 e. The lowest BCUT2D eigenvalue weighted by molar-refractivity contribution is 0.0658. The van der Waals surface area contributed by atoms with Crippen molar-refractivity contribution in [3.05, 3.63) is 11.7 Å². The number of aromatic nitrogens is 2. The average Bonchev–Trinajstić information content (AvgIpc) is 2.66. The van der Waals surface area contributed by atoms with E-state index in [2.05, 4.69) is 10.1 Å². The van der Waals surface area contributed by atoms with Crippen LogP contribution < -0.4 is 0 Å². The second kappa shape index (κ2) is 5.41. The van der Waals surface area contributed by atoms with Gasteiger partial charge in [-0.1, -0.05) is 5.16 Å². The lowest BCUT2D eigenvalue weighted by atomic mass is 9.96. The fraction of sp³-hybridized carbons (Fsp3) is 0.818. The summed E-state index contributed by atoms with van der Waals surface area (Å²) < 4.78 is 10.4. The van der Waals surface area contributed by atoms with Crippen molar-refractivity contribution in [2.75, 3.05) is 13.2 Å². The van der Waals surface area contributed by atoms with Gasteiger partial charge in [-0.15, -0.1) is 0 Å². The first-order valence-electron chi connectivity index (χ1n) is 5.81. The summed E-state index contributed by atoms with van der Waals surface area (Å²) in [7, 11) is 0. The molecule has 1 unspecified atom stereocenters. The summed E-state index contributed by atoms with van der Waals surface area (Å²) in [6.45, 7) is 3.38. The van der Waals surface area contributed by atoms with E-state index in [9.17, 15) is 5.11 Å². The number of rotatable bonds is 4. The molecule has 0 aliphatic carbocycles.